The van der Waals surface area contributed by atoms with E-state index in [4.69, 9.17) is 11.6 Å². The van der Waals surface area contributed by atoms with Crippen molar-refractivity contribution in [3.63, 3.8) is 0 Å². The van der Waals surface area contributed by atoms with E-state index < -0.39 is 18.2 Å². The van der Waals surface area contributed by atoms with Crippen LogP contribution in [0.5, 0.6) is 0 Å². The van der Waals surface area contributed by atoms with Crippen molar-refractivity contribution in [2.75, 3.05) is 11.9 Å². The topological polar surface area (TPSA) is 68.2 Å². The lowest BCUT2D eigenvalue weighted by Gasteiger charge is -2.35. The number of hydrogen-bond acceptors (Lipinski definition) is 5. The van der Waals surface area contributed by atoms with Gasteiger partial charge in [-0.2, -0.15) is 0 Å². The number of allylic oxidation sites excluding steroid dienone is 2. The highest BCUT2D eigenvalue weighted by Gasteiger charge is 2.53. The van der Waals surface area contributed by atoms with Crippen molar-refractivity contribution in [1.82, 2.24) is 15.1 Å². The minimum absolute atomic E-state index is 0.332. The molecule has 24 heavy (non-hydrogen) atoms. The lowest BCUT2D eigenvalue weighted by atomic mass is 10.1. The van der Waals surface area contributed by atoms with Gasteiger partial charge in [-0.1, -0.05) is 17.7 Å². The van der Waals surface area contributed by atoms with Crippen molar-refractivity contribution < 1.29 is 9.59 Å². The average molecular weight is 346 g/mol. The average Bonchev–Trinajstić information content (AvgIpc) is 3.02. The molecule has 0 bridgehead atoms. The maximum Gasteiger partial charge on any atom is 0.325 e. The first-order valence-corrected chi connectivity index (χ1v) is 7.96. The number of hydrogen-bond donors (Lipinski definition) is 1. The molecule has 0 saturated carbocycles. The third-order valence-corrected chi connectivity index (χ3v) is 4.96. The second-order valence-corrected chi connectivity index (χ2v) is 6.49. The number of imide groups is 1. The Kier molecular flexibility index (Phi) is 3.11. The largest absolute Gasteiger partial charge is 0.325 e. The predicted octanol–water partition coefficient (Wildman–Crippen LogP) is 1.96. The van der Waals surface area contributed by atoms with Gasteiger partial charge in [0, 0.05) is 23.5 Å². The molecular formula is C16H16ClN5O2. The molecule has 0 radical (unpaired) electrons. The summed E-state index contributed by atoms with van der Waals surface area (Å²) < 4.78 is 0. The second kappa shape index (κ2) is 4.98. The summed E-state index contributed by atoms with van der Waals surface area (Å²) in [6.45, 7) is 3.92. The van der Waals surface area contributed by atoms with Crippen molar-refractivity contribution in [2.45, 2.75) is 26.1 Å². The number of anilines is 1. The number of benzene rings is 1. The van der Waals surface area contributed by atoms with Crippen LogP contribution in [0.2, 0.25) is 5.02 Å². The number of rotatable bonds is 1. The third kappa shape index (κ3) is 1.88. The van der Waals surface area contributed by atoms with Crippen LogP contribution >= 0.6 is 11.6 Å². The number of guanidine groups is 1. The van der Waals surface area contributed by atoms with Gasteiger partial charge in [0.15, 0.2) is 12.2 Å². The summed E-state index contributed by atoms with van der Waals surface area (Å²) in [5.41, 5.74) is 2.77. The first-order chi connectivity index (χ1) is 11.4. The van der Waals surface area contributed by atoms with E-state index in [0.29, 0.717) is 11.0 Å². The Hall–Kier alpha value is -2.54. The smallest absolute Gasteiger partial charge is 0.303 e. The molecule has 7 nitrogen and oxygen atoms in total. The molecule has 4 rings (SSSR count). The van der Waals surface area contributed by atoms with E-state index in [1.54, 1.807) is 13.1 Å². The molecule has 0 aromatic heterocycles. The highest BCUT2D eigenvalue weighted by Crippen LogP contribution is 2.39. The zero-order valence-corrected chi connectivity index (χ0v) is 14.2. The molecule has 3 heterocycles. The molecule has 3 amide bonds. The molecule has 0 aliphatic carbocycles. The van der Waals surface area contributed by atoms with Crippen molar-refractivity contribution in [3.8, 4) is 0 Å². The number of carbonyl (C=O) groups excluding carboxylic acids is 2. The number of likely N-dealkylation sites (N-methyl/N-ethyl adjacent to an activating group) is 1. The van der Waals surface area contributed by atoms with E-state index in [0.717, 1.165) is 17.1 Å². The van der Waals surface area contributed by atoms with Crippen LogP contribution in [0.4, 0.5) is 10.5 Å². The molecule has 0 spiro atoms. The summed E-state index contributed by atoms with van der Waals surface area (Å²) in [6, 6.07) is 6.48. The fourth-order valence-corrected chi connectivity index (χ4v) is 3.57. The minimum Gasteiger partial charge on any atom is -0.303 e. The quantitative estimate of drug-likeness (QED) is 0.844. The van der Waals surface area contributed by atoms with E-state index in [1.807, 2.05) is 41.8 Å². The maximum atomic E-state index is 12.4. The van der Waals surface area contributed by atoms with Crippen molar-refractivity contribution in [2.24, 2.45) is 4.99 Å². The van der Waals surface area contributed by atoms with Crippen LogP contribution in [0.25, 0.3) is 0 Å². The zero-order valence-electron chi connectivity index (χ0n) is 13.4. The standard InChI is InChI=1S/C16H16ClN5O2/c1-8-9(2)22-12-13(20(3)16(24)19-14(12)23)18-15(22)21(8)11-6-4-5-10(17)7-11/h4-7,12-13H,1-3H3,(H,19,23,24). The number of urea groups is 1. The van der Waals surface area contributed by atoms with Crippen LogP contribution in [-0.4, -0.2) is 47.0 Å². The minimum atomic E-state index is -0.554. The number of fused-ring (bicyclic) bond motifs is 3. The molecule has 1 aromatic rings. The van der Waals surface area contributed by atoms with E-state index in [-0.39, 0.29) is 5.91 Å². The summed E-state index contributed by atoms with van der Waals surface area (Å²) in [4.78, 5) is 34.2. The second-order valence-electron chi connectivity index (χ2n) is 6.05. The normalized spacial score (nSPS) is 25.8. The lowest BCUT2D eigenvalue weighted by Crippen LogP contribution is -2.63. The Labute approximate surface area is 144 Å². The van der Waals surface area contributed by atoms with Gasteiger partial charge in [0.1, 0.15) is 0 Å². The summed E-state index contributed by atoms with van der Waals surface area (Å²) in [5.74, 6) is 0.306. The van der Waals surface area contributed by atoms with Gasteiger partial charge in [0.2, 0.25) is 5.96 Å². The molecule has 1 N–H and O–H groups in total. The van der Waals surface area contributed by atoms with Crippen LogP contribution in [-0.2, 0) is 4.79 Å². The van der Waals surface area contributed by atoms with Gasteiger partial charge in [0.25, 0.3) is 5.91 Å². The molecular weight excluding hydrogens is 330 g/mol. The number of nitrogens with zero attached hydrogens (tertiary/aromatic N) is 4. The molecule has 3 aliphatic heterocycles. The van der Waals surface area contributed by atoms with Crippen LogP contribution in [0.3, 0.4) is 0 Å². The third-order valence-electron chi connectivity index (χ3n) is 4.73. The Balaban J connectivity index is 1.82. The first-order valence-electron chi connectivity index (χ1n) is 7.58. The first kappa shape index (κ1) is 15.0. The summed E-state index contributed by atoms with van der Waals surface area (Å²) in [5, 5.41) is 3.01. The van der Waals surface area contributed by atoms with Crippen molar-refractivity contribution >= 4 is 35.2 Å². The molecule has 2 unspecified atom stereocenters. The van der Waals surface area contributed by atoms with E-state index in [1.165, 1.54) is 4.90 Å². The summed E-state index contributed by atoms with van der Waals surface area (Å²) >= 11 is 6.12. The fraction of sp³-hybridized carbons (Fsp3) is 0.312. The monoisotopic (exact) mass is 345 g/mol. The van der Waals surface area contributed by atoms with Gasteiger partial charge in [-0.15, -0.1) is 0 Å². The Morgan fingerprint density at radius 3 is 2.67 bits per heavy atom. The van der Waals surface area contributed by atoms with E-state index in [9.17, 15) is 9.59 Å². The summed E-state index contributed by atoms with van der Waals surface area (Å²) in [6.07, 6.45) is -0.536. The van der Waals surface area contributed by atoms with Gasteiger partial charge < -0.3 is 4.90 Å². The number of amides is 3. The van der Waals surface area contributed by atoms with Crippen LogP contribution < -0.4 is 10.2 Å². The number of aliphatic imine (C=N–C) groups is 1. The van der Waals surface area contributed by atoms with Crippen LogP contribution in [0.1, 0.15) is 13.8 Å². The Morgan fingerprint density at radius 1 is 1.21 bits per heavy atom. The molecule has 124 valence electrons. The van der Waals surface area contributed by atoms with E-state index in [2.05, 4.69) is 10.3 Å². The number of halogens is 1. The van der Waals surface area contributed by atoms with Crippen molar-refractivity contribution in [3.05, 3.63) is 40.7 Å². The van der Waals surface area contributed by atoms with Gasteiger partial charge in [-0.05, 0) is 32.0 Å². The molecule has 8 heteroatoms. The van der Waals surface area contributed by atoms with Gasteiger partial charge in [0.05, 0.1) is 5.69 Å². The molecule has 1 aromatic carbocycles. The van der Waals surface area contributed by atoms with Crippen LogP contribution in [0, 0.1) is 0 Å². The molecule has 2 atom stereocenters. The van der Waals surface area contributed by atoms with E-state index >= 15 is 0 Å². The highest BCUT2D eigenvalue weighted by molar-refractivity contribution is 6.31. The highest BCUT2D eigenvalue weighted by atomic mass is 35.5. The summed E-state index contributed by atoms with van der Waals surface area (Å²) in [7, 11) is 1.64. The maximum absolute atomic E-state index is 12.4. The SMILES string of the molecule is CC1=C(C)N2C(=NC3C2C(=O)NC(=O)N3C)N1c1cccc(Cl)c1. The Bertz CT molecular complexity index is 834. The zero-order chi connectivity index (χ0) is 17.2. The van der Waals surface area contributed by atoms with Crippen molar-refractivity contribution in [1.29, 1.82) is 0 Å². The molecule has 3 aliphatic rings. The Morgan fingerprint density at radius 2 is 1.96 bits per heavy atom. The predicted molar refractivity (Wildman–Crippen MR) is 90.5 cm³/mol. The molecule has 1 saturated heterocycles. The fourth-order valence-electron chi connectivity index (χ4n) is 3.38. The van der Waals surface area contributed by atoms with Gasteiger partial charge in [-0.3, -0.25) is 19.9 Å². The number of carbonyl (C=O) groups is 2. The molecule has 1 fully saturated rings. The van der Waals surface area contributed by atoms with Gasteiger partial charge in [-0.25, -0.2) is 9.79 Å². The van der Waals surface area contributed by atoms with Gasteiger partial charge >= 0.3 is 6.03 Å². The van der Waals surface area contributed by atoms with Crippen LogP contribution in [0.15, 0.2) is 40.7 Å². The number of nitrogens with one attached hydrogen (secondary N) is 1. The lowest BCUT2D eigenvalue weighted by molar-refractivity contribution is -0.126.